The first-order valence-corrected chi connectivity index (χ1v) is 9.17. The van der Waals surface area contributed by atoms with E-state index in [2.05, 4.69) is 51.9 Å². The van der Waals surface area contributed by atoms with Gasteiger partial charge in [0.1, 0.15) is 23.1 Å². The van der Waals surface area contributed by atoms with Crippen LogP contribution < -0.4 is 4.90 Å². The number of carbonyl (C=O) groups is 1. The fourth-order valence-corrected chi connectivity index (χ4v) is 4.06. The molecule has 138 valence electrons. The molecule has 27 heavy (non-hydrogen) atoms. The maximum Gasteiger partial charge on any atom is 0.176 e. The second-order valence-electron chi connectivity index (χ2n) is 7.70. The monoisotopic (exact) mass is 360 g/mol. The number of amidine groups is 1. The summed E-state index contributed by atoms with van der Waals surface area (Å²) in [6, 6.07) is 14.1. The number of para-hydroxylation sites is 2. The number of nitrogens with zero attached hydrogens (tertiary/aromatic N) is 3. The number of ketones is 1. The van der Waals surface area contributed by atoms with Gasteiger partial charge in [-0.25, -0.2) is 4.98 Å². The normalized spacial score (nSPS) is 20.8. The second-order valence-corrected chi connectivity index (χ2v) is 7.70. The predicted molar refractivity (Wildman–Crippen MR) is 110 cm³/mol. The van der Waals surface area contributed by atoms with Gasteiger partial charge < -0.3 is 9.88 Å². The molecule has 0 spiro atoms. The standard InChI is InChI=1S/C22H24N4O/c1-13-10-11-17(14(2)12-13)26-21(23-5)18(19(27)22(26,3)4)20-24-15-8-6-7-9-16(15)25-20/h6-12,18H,1-5H3,(H,24,25). The third-order valence-electron chi connectivity index (χ3n) is 5.41. The van der Waals surface area contributed by atoms with Crippen molar-refractivity contribution in [3.63, 3.8) is 0 Å². The number of aryl methyl sites for hydroxylation is 2. The summed E-state index contributed by atoms with van der Waals surface area (Å²) in [6.45, 7) is 8.07. The highest BCUT2D eigenvalue weighted by atomic mass is 16.1. The van der Waals surface area contributed by atoms with Crippen LogP contribution in [0.5, 0.6) is 0 Å². The molecule has 1 fully saturated rings. The fraction of sp³-hybridized carbons (Fsp3) is 0.318. The Morgan fingerprint density at radius 3 is 2.56 bits per heavy atom. The zero-order valence-electron chi connectivity index (χ0n) is 16.4. The van der Waals surface area contributed by atoms with Gasteiger partial charge in [0.15, 0.2) is 5.78 Å². The van der Waals surface area contributed by atoms with Crippen LogP contribution in [-0.2, 0) is 4.79 Å². The van der Waals surface area contributed by atoms with Gasteiger partial charge in [0.25, 0.3) is 0 Å². The molecule has 0 radical (unpaired) electrons. The smallest absolute Gasteiger partial charge is 0.176 e. The SMILES string of the molecule is CN=C1C(c2nc3ccccc3[nH]2)C(=O)C(C)(C)N1c1ccc(C)cc1C. The largest absolute Gasteiger partial charge is 0.341 e. The molecular formula is C22H24N4O. The first kappa shape index (κ1) is 17.5. The zero-order valence-corrected chi connectivity index (χ0v) is 16.4. The second kappa shape index (κ2) is 6.05. The van der Waals surface area contributed by atoms with Crippen molar-refractivity contribution >= 4 is 28.3 Å². The Kier molecular flexibility index (Phi) is 3.91. The van der Waals surface area contributed by atoms with Crippen molar-refractivity contribution in [3.8, 4) is 0 Å². The third kappa shape index (κ3) is 2.57. The van der Waals surface area contributed by atoms with E-state index in [1.54, 1.807) is 7.05 Å². The maximum atomic E-state index is 13.5. The van der Waals surface area contributed by atoms with Crippen LogP contribution in [0.15, 0.2) is 47.5 Å². The summed E-state index contributed by atoms with van der Waals surface area (Å²) < 4.78 is 0. The van der Waals surface area contributed by atoms with Crippen LogP contribution in [-0.4, -0.2) is 34.2 Å². The highest BCUT2D eigenvalue weighted by molar-refractivity contribution is 6.27. The molecule has 1 aliphatic rings. The Morgan fingerprint density at radius 2 is 1.89 bits per heavy atom. The van der Waals surface area contributed by atoms with Gasteiger partial charge in [-0.3, -0.25) is 9.79 Å². The van der Waals surface area contributed by atoms with Gasteiger partial charge in [-0.15, -0.1) is 0 Å². The van der Waals surface area contributed by atoms with Crippen molar-refractivity contribution < 1.29 is 4.79 Å². The average molecular weight is 360 g/mol. The Bertz CT molecular complexity index is 1040. The van der Waals surface area contributed by atoms with E-state index in [0.29, 0.717) is 5.82 Å². The lowest BCUT2D eigenvalue weighted by Crippen LogP contribution is -2.45. The summed E-state index contributed by atoms with van der Waals surface area (Å²) in [5, 5.41) is 0. The Balaban J connectivity index is 1.88. The van der Waals surface area contributed by atoms with E-state index < -0.39 is 11.5 Å². The van der Waals surface area contributed by atoms with Crippen LogP contribution >= 0.6 is 0 Å². The Labute approximate surface area is 159 Å². The molecule has 1 unspecified atom stereocenters. The number of hydrogen-bond donors (Lipinski definition) is 1. The minimum absolute atomic E-state index is 0.0992. The number of nitrogens with one attached hydrogen (secondary N) is 1. The first-order chi connectivity index (χ1) is 12.8. The number of aromatic nitrogens is 2. The molecule has 0 aliphatic carbocycles. The zero-order chi connectivity index (χ0) is 19.3. The number of rotatable bonds is 2. The fourth-order valence-electron chi connectivity index (χ4n) is 4.06. The molecule has 5 nitrogen and oxygen atoms in total. The number of carbonyl (C=O) groups excluding carboxylic acids is 1. The summed E-state index contributed by atoms with van der Waals surface area (Å²) in [7, 11) is 1.75. The molecule has 1 atom stereocenters. The van der Waals surface area contributed by atoms with Crippen molar-refractivity contribution in [1.29, 1.82) is 0 Å². The number of benzene rings is 2. The molecule has 2 heterocycles. The van der Waals surface area contributed by atoms with Crippen molar-refractivity contribution in [1.82, 2.24) is 9.97 Å². The number of fused-ring (bicyclic) bond motifs is 1. The van der Waals surface area contributed by atoms with E-state index in [4.69, 9.17) is 0 Å². The van der Waals surface area contributed by atoms with E-state index in [-0.39, 0.29) is 5.78 Å². The number of aromatic amines is 1. The lowest BCUT2D eigenvalue weighted by Gasteiger charge is -2.33. The molecule has 1 N–H and O–H groups in total. The molecule has 5 heteroatoms. The van der Waals surface area contributed by atoms with E-state index in [1.165, 1.54) is 5.56 Å². The molecule has 4 rings (SSSR count). The molecular weight excluding hydrogens is 336 g/mol. The van der Waals surface area contributed by atoms with Crippen LogP contribution in [0.25, 0.3) is 11.0 Å². The van der Waals surface area contributed by atoms with Crippen molar-refractivity contribution in [3.05, 3.63) is 59.4 Å². The summed E-state index contributed by atoms with van der Waals surface area (Å²) >= 11 is 0. The van der Waals surface area contributed by atoms with E-state index in [1.807, 2.05) is 38.1 Å². The predicted octanol–water partition coefficient (Wildman–Crippen LogP) is 4.16. The molecule has 0 saturated carbocycles. The molecule has 1 aliphatic heterocycles. The Morgan fingerprint density at radius 1 is 1.15 bits per heavy atom. The topological polar surface area (TPSA) is 61.4 Å². The number of hydrogen-bond acceptors (Lipinski definition) is 3. The number of imidazole rings is 1. The highest BCUT2D eigenvalue weighted by Gasteiger charge is 2.53. The minimum Gasteiger partial charge on any atom is -0.341 e. The average Bonchev–Trinajstić information content (AvgIpc) is 3.13. The number of anilines is 1. The van der Waals surface area contributed by atoms with Gasteiger partial charge in [-0.2, -0.15) is 0 Å². The van der Waals surface area contributed by atoms with Crippen LogP contribution in [0.1, 0.15) is 36.7 Å². The van der Waals surface area contributed by atoms with E-state index in [9.17, 15) is 4.79 Å². The Hall–Kier alpha value is -2.95. The lowest BCUT2D eigenvalue weighted by molar-refractivity contribution is -0.121. The summed E-state index contributed by atoms with van der Waals surface area (Å²) in [6.07, 6.45) is 0. The summed E-state index contributed by atoms with van der Waals surface area (Å²) in [5.74, 6) is 0.985. The number of H-pyrrole nitrogens is 1. The van der Waals surface area contributed by atoms with Gasteiger partial charge in [0.05, 0.1) is 11.0 Å². The van der Waals surface area contributed by atoms with Gasteiger partial charge in [-0.05, 0) is 51.5 Å². The number of aliphatic imine (C=N–C) groups is 1. The quantitative estimate of drug-likeness (QED) is 0.746. The van der Waals surface area contributed by atoms with Gasteiger partial charge in [0.2, 0.25) is 0 Å². The summed E-state index contributed by atoms with van der Waals surface area (Å²) in [4.78, 5) is 28.1. The molecule has 0 amide bonds. The van der Waals surface area contributed by atoms with E-state index in [0.717, 1.165) is 28.1 Å². The first-order valence-electron chi connectivity index (χ1n) is 9.17. The van der Waals surface area contributed by atoms with Crippen molar-refractivity contribution in [2.75, 3.05) is 11.9 Å². The van der Waals surface area contributed by atoms with Gasteiger partial charge in [-0.1, -0.05) is 29.8 Å². The van der Waals surface area contributed by atoms with Crippen LogP contribution in [0.2, 0.25) is 0 Å². The van der Waals surface area contributed by atoms with Gasteiger partial charge >= 0.3 is 0 Å². The molecule has 3 aromatic rings. The van der Waals surface area contributed by atoms with E-state index >= 15 is 0 Å². The summed E-state index contributed by atoms with van der Waals surface area (Å²) in [5.41, 5.74) is 4.42. The lowest BCUT2D eigenvalue weighted by atomic mass is 9.93. The molecule has 0 bridgehead atoms. The molecule has 1 aromatic heterocycles. The maximum absolute atomic E-state index is 13.5. The van der Waals surface area contributed by atoms with Crippen molar-refractivity contribution in [2.24, 2.45) is 4.99 Å². The van der Waals surface area contributed by atoms with Crippen LogP contribution in [0.3, 0.4) is 0 Å². The van der Waals surface area contributed by atoms with Crippen molar-refractivity contribution in [2.45, 2.75) is 39.2 Å². The van der Waals surface area contributed by atoms with Crippen LogP contribution in [0, 0.1) is 13.8 Å². The third-order valence-corrected chi connectivity index (χ3v) is 5.41. The van der Waals surface area contributed by atoms with Crippen LogP contribution in [0.4, 0.5) is 5.69 Å². The molecule has 1 saturated heterocycles. The minimum atomic E-state index is -0.710. The van der Waals surface area contributed by atoms with Gasteiger partial charge in [0, 0.05) is 12.7 Å². The molecule has 2 aromatic carbocycles. The number of Topliss-reactive ketones (excluding diaryl/α,β-unsaturated/α-hetero) is 1. The highest BCUT2D eigenvalue weighted by Crippen LogP contribution is 2.41.